The molecule has 0 heterocycles. The molecule has 1 amide bonds. The molecular weight excluding hydrogens is 384 g/mol. The second-order valence-electron chi connectivity index (χ2n) is 4.22. The van der Waals surface area contributed by atoms with Gasteiger partial charge in [-0.3, -0.25) is 4.79 Å². The molecule has 0 atom stereocenters. The lowest BCUT2D eigenvalue weighted by Crippen LogP contribution is -2.13. The standard InChI is InChI=1S/C15H10Br2N2O/c1-9-6-12(16)7-13(17)14(9)19-15(20)11-4-2-10(8-18)3-5-11/h2-7H,1H3,(H,19,20). The van der Waals surface area contributed by atoms with Crippen LogP contribution in [0.2, 0.25) is 0 Å². The number of hydrogen-bond acceptors (Lipinski definition) is 2. The molecule has 5 heteroatoms. The van der Waals surface area contributed by atoms with Gasteiger partial charge in [0.2, 0.25) is 0 Å². The summed E-state index contributed by atoms with van der Waals surface area (Å²) in [4.78, 5) is 12.2. The van der Waals surface area contributed by atoms with Gasteiger partial charge in [0, 0.05) is 14.5 Å². The molecule has 2 aromatic rings. The van der Waals surface area contributed by atoms with E-state index in [1.54, 1.807) is 24.3 Å². The van der Waals surface area contributed by atoms with Crippen LogP contribution in [-0.2, 0) is 0 Å². The molecule has 100 valence electrons. The SMILES string of the molecule is Cc1cc(Br)cc(Br)c1NC(=O)c1ccc(C#N)cc1. The minimum atomic E-state index is -0.208. The van der Waals surface area contributed by atoms with E-state index in [2.05, 4.69) is 37.2 Å². The van der Waals surface area contributed by atoms with Crippen LogP contribution in [0.25, 0.3) is 0 Å². The zero-order valence-corrected chi connectivity index (χ0v) is 13.7. The van der Waals surface area contributed by atoms with Crippen LogP contribution in [0.15, 0.2) is 45.3 Å². The van der Waals surface area contributed by atoms with Gasteiger partial charge in [-0.05, 0) is 64.8 Å². The Hall–Kier alpha value is -1.64. The lowest BCUT2D eigenvalue weighted by atomic mass is 10.1. The molecule has 0 fully saturated rings. The Morgan fingerprint density at radius 1 is 1.20 bits per heavy atom. The zero-order valence-electron chi connectivity index (χ0n) is 10.6. The summed E-state index contributed by atoms with van der Waals surface area (Å²) in [5.41, 5.74) is 2.73. The maximum Gasteiger partial charge on any atom is 0.255 e. The molecule has 0 unspecified atom stereocenters. The van der Waals surface area contributed by atoms with E-state index in [0.717, 1.165) is 20.2 Å². The van der Waals surface area contributed by atoms with Crippen molar-refractivity contribution in [1.82, 2.24) is 0 Å². The molecule has 0 aliphatic heterocycles. The number of nitriles is 1. The highest BCUT2D eigenvalue weighted by molar-refractivity contribution is 9.11. The quantitative estimate of drug-likeness (QED) is 0.807. The fourth-order valence-electron chi connectivity index (χ4n) is 1.74. The number of hydrogen-bond donors (Lipinski definition) is 1. The Morgan fingerprint density at radius 2 is 1.85 bits per heavy atom. The molecular formula is C15H10Br2N2O. The first-order chi connectivity index (χ1) is 9.51. The van der Waals surface area contributed by atoms with Gasteiger partial charge in [0.1, 0.15) is 0 Å². The summed E-state index contributed by atoms with van der Waals surface area (Å²) in [5.74, 6) is -0.208. The maximum atomic E-state index is 12.2. The van der Waals surface area contributed by atoms with E-state index >= 15 is 0 Å². The van der Waals surface area contributed by atoms with Crippen LogP contribution in [0.4, 0.5) is 5.69 Å². The van der Waals surface area contributed by atoms with Crippen molar-refractivity contribution in [3.8, 4) is 6.07 Å². The molecule has 2 rings (SSSR count). The Kier molecular flexibility index (Phi) is 4.58. The number of carbonyl (C=O) groups excluding carboxylic acids is 1. The normalized spacial score (nSPS) is 9.90. The molecule has 0 saturated heterocycles. The van der Waals surface area contributed by atoms with Gasteiger partial charge >= 0.3 is 0 Å². The van der Waals surface area contributed by atoms with Gasteiger partial charge in [0.25, 0.3) is 5.91 Å². The van der Waals surface area contributed by atoms with Gasteiger partial charge in [0.15, 0.2) is 0 Å². The summed E-state index contributed by atoms with van der Waals surface area (Å²) in [7, 11) is 0. The highest BCUT2D eigenvalue weighted by Gasteiger charge is 2.11. The second kappa shape index (κ2) is 6.21. The van der Waals surface area contributed by atoms with Gasteiger partial charge in [-0.15, -0.1) is 0 Å². The Bertz CT molecular complexity index is 680. The summed E-state index contributed by atoms with van der Waals surface area (Å²) in [6.07, 6.45) is 0. The number of rotatable bonds is 2. The van der Waals surface area contributed by atoms with Crippen molar-refractivity contribution in [2.75, 3.05) is 5.32 Å². The van der Waals surface area contributed by atoms with Crippen molar-refractivity contribution in [2.45, 2.75) is 6.92 Å². The van der Waals surface area contributed by atoms with E-state index in [1.807, 2.05) is 25.1 Å². The average molecular weight is 394 g/mol. The molecule has 0 spiro atoms. The van der Waals surface area contributed by atoms with Gasteiger partial charge in [-0.25, -0.2) is 0 Å². The highest BCUT2D eigenvalue weighted by Crippen LogP contribution is 2.30. The van der Waals surface area contributed by atoms with Crippen LogP contribution in [0, 0.1) is 18.3 Å². The van der Waals surface area contributed by atoms with E-state index in [4.69, 9.17) is 5.26 Å². The summed E-state index contributed by atoms with van der Waals surface area (Å²) < 4.78 is 1.75. The maximum absolute atomic E-state index is 12.2. The third-order valence-corrected chi connectivity index (χ3v) is 3.85. The van der Waals surface area contributed by atoms with Gasteiger partial charge in [-0.2, -0.15) is 5.26 Å². The molecule has 0 bridgehead atoms. The fraction of sp³-hybridized carbons (Fsp3) is 0.0667. The molecule has 0 saturated carbocycles. The summed E-state index contributed by atoms with van der Waals surface area (Å²) >= 11 is 6.83. The fourth-order valence-corrected chi connectivity index (χ4v) is 3.28. The minimum absolute atomic E-state index is 0.208. The monoisotopic (exact) mass is 392 g/mol. The lowest BCUT2D eigenvalue weighted by Gasteiger charge is -2.11. The molecule has 1 N–H and O–H groups in total. The molecule has 0 aliphatic carbocycles. The van der Waals surface area contributed by atoms with Crippen molar-refractivity contribution >= 4 is 43.5 Å². The molecule has 3 nitrogen and oxygen atoms in total. The van der Waals surface area contributed by atoms with Gasteiger partial charge in [-0.1, -0.05) is 15.9 Å². The smallest absolute Gasteiger partial charge is 0.255 e. The van der Waals surface area contributed by atoms with Crippen molar-refractivity contribution in [3.63, 3.8) is 0 Å². The average Bonchev–Trinajstić information content (AvgIpc) is 2.42. The number of carbonyl (C=O) groups is 1. The molecule has 20 heavy (non-hydrogen) atoms. The Morgan fingerprint density at radius 3 is 2.40 bits per heavy atom. The topological polar surface area (TPSA) is 52.9 Å². The van der Waals surface area contributed by atoms with Crippen LogP contribution in [0.5, 0.6) is 0 Å². The first-order valence-electron chi connectivity index (χ1n) is 5.78. The first kappa shape index (κ1) is 14.8. The van der Waals surface area contributed by atoms with Crippen LogP contribution in [0.3, 0.4) is 0 Å². The van der Waals surface area contributed by atoms with Gasteiger partial charge < -0.3 is 5.32 Å². The van der Waals surface area contributed by atoms with Crippen molar-refractivity contribution < 1.29 is 4.79 Å². The predicted molar refractivity (Wildman–Crippen MR) is 85.7 cm³/mol. The summed E-state index contributed by atoms with van der Waals surface area (Å²) in [5, 5.41) is 11.6. The van der Waals surface area contributed by atoms with Crippen LogP contribution in [-0.4, -0.2) is 5.91 Å². The molecule has 2 aromatic carbocycles. The number of amides is 1. The van der Waals surface area contributed by atoms with E-state index in [0.29, 0.717) is 11.1 Å². The number of halogens is 2. The minimum Gasteiger partial charge on any atom is -0.321 e. The van der Waals surface area contributed by atoms with E-state index in [-0.39, 0.29) is 5.91 Å². The van der Waals surface area contributed by atoms with E-state index in [1.165, 1.54) is 0 Å². The predicted octanol–water partition coefficient (Wildman–Crippen LogP) is 4.64. The third kappa shape index (κ3) is 3.27. The largest absolute Gasteiger partial charge is 0.321 e. The molecule has 0 aromatic heterocycles. The highest BCUT2D eigenvalue weighted by atomic mass is 79.9. The van der Waals surface area contributed by atoms with Gasteiger partial charge in [0.05, 0.1) is 17.3 Å². The molecule has 0 radical (unpaired) electrons. The van der Waals surface area contributed by atoms with Crippen LogP contribution >= 0.6 is 31.9 Å². The number of aryl methyl sites for hydroxylation is 1. The number of nitrogens with zero attached hydrogens (tertiary/aromatic N) is 1. The zero-order chi connectivity index (χ0) is 14.7. The number of anilines is 1. The second-order valence-corrected chi connectivity index (χ2v) is 5.99. The van der Waals surface area contributed by atoms with Crippen LogP contribution < -0.4 is 5.32 Å². The lowest BCUT2D eigenvalue weighted by molar-refractivity contribution is 0.102. The van der Waals surface area contributed by atoms with Crippen molar-refractivity contribution in [1.29, 1.82) is 5.26 Å². The van der Waals surface area contributed by atoms with E-state index in [9.17, 15) is 4.79 Å². The summed E-state index contributed by atoms with van der Waals surface area (Å²) in [6, 6.07) is 12.3. The van der Waals surface area contributed by atoms with E-state index < -0.39 is 0 Å². The van der Waals surface area contributed by atoms with Crippen molar-refractivity contribution in [2.24, 2.45) is 0 Å². The first-order valence-corrected chi connectivity index (χ1v) is 7.37. The Balaban J connectivity index is 2.26. The van der Waals surface area contributed by atoms with Crippen molar-refractivity contribution in [3.05, 3.63) is 62.0 Å². The Labute approximate surface area is 133 Å². The summed E-state index contributed by atoms with van der Waals surface area (Å²) in [6.45, 7) is 1.92. The number of benzene rings is 2. The molecule has 0 aliphatic rings. The van der Waals surface area contributed by atoms with Crippen LogP contribution in [0.1, 0.15) is 21.5 Å². The number of nitrogens with one attached hydrogen (secondary N) is 1. The third-order valence-electron chi connectivity index (χ3n) is 2.77.